The highest BCUT2D eigenvalue weighted by Gasteiger charge is 2.36. The van der Waals surface area contributed by atoms with Crippen LogP contribution in [0.2, 0.25) is 5.02 Å². The first-order valence-corrected chi connectivity index (χ1v) is 9.12. The van der Waals surface area contributed by atoms with Crippen LogP contribution in [0.3, 0.4) is 0 Å². The highest BCUT2D eigenvalue weighted by molar-refractivity contribution is 6.31. The van der Waals surface area contributed by atoms with Crippen molar-refractivity contribution in [2.24, 2.45) is 5.92 Å². The molecule has 0 bridgehead atoms. The molecule has 28 heavy (non-hydrogen) atoms. The Morgan fingerprint density at radius 3 is 2.36 bits per heavy atom. The van der Waals surface area contributed by atoms with Gasteiger partial charge in [0.2, 0.25) is 0 Å². The normalized spacial score (nSPS) is 22.4. The second-order valence-corrected chi connectivity index (χ2v) is 8.43. The maximum atomic E-state index is 13.1. The number of hydrogen-bond donors (Lipinski definition) is 2. The number of benzene rings is 1. The second kappa shape index (κ2) is 9.18. The summed E-state index contributed by atoms with van der Waals surface area (Å²) < 4.78 is 45.2. The summed E-state index contributed by atoms with van der Waals surface area (Å²) in [5.74, 6) is 0.282. The summed E-state index contributed by atoms with van der Waals surface area (Å²) >= 11 is 5.74. The summed E-state index contributed by atoms with van der Waals surface area (Å²) in [6.07, 6.45) is -0.605. The molecule has 2 unspecified atom stereocenters. The van der Waals surface area contributed by atoms with Crippen molar-refractivity contribution < 1.29 is 32.9 Å². The quantitative estimate of drug-likeness (QED) is 0.537. The molecule has 0 fully saturated rings. The van der Waals surface area contributed by atoms with Crippen molar-refractivity contribution in [3.63, 3.8) is 0 Å². The summed E-state index contributed by atoms with van der Waals surface area (Å²) in [4.78, 5) is 8.56. The zero-order valence-corrected chi connectivity index (χ0v) is 17.1. The van der Waals surface area contributed by atoms with Gasteiger partial charge in [-0.25, -0.2) is 4.79 Å². The molecule has 158 valence electrons. The van der Waals surface area contributed by atoms with Crippen LogP contribution in [0.1, 0.15) is 51.7 Å². The Labute approximate surface area is 168 Å². The number of alkyl halides is 3. The molecule has 0 saturated carbocycles. The van der Waals surface area contributed by atoms with Crippen LogP contribution in [0.5, 0.6) is 0 Å². The molecule has 0 aromatic heterocycles. The molecule has 1 aromatic carbocycles. The minimum absolute atomic E-state index is 0.221. The van der Waals surface area contributed by atoms with Crippen LogP contribution in [-0.2, 0) is 16.3 Å². The van der Waals surface area contributed by atoms with Crippen molar-refractivity contribution in [1.82, 2.24) is 0 Å². The molecule has 2 rings (SSSR count). The van der Waals surface area contributed by atoms with Gasteiger partial charge in [0.15, 0.2) is 0 Å². The van der Waals surface area contributed by atoms with E-state index in [0.717, 1.165) is 12.8 Å². The third kappa shape index (κ3) is 7.72. The molecule has 0 amide bonds. The minimum atomic E-state index is -4.45. The summed E-state index contributed by atoms with van der Waals surface area (Å²) in [5, 5.41) is 13.7. The molecular weight excluding hydrogens is 397 g/mol. The number of carbonyl (C=O) groups is 1. The molecule has 0 radical (unpaired) electrons. The van der Waals surface area contributed by atoms with Gasteiger partial charge in [-0.05, 0) is 57.2 Å². The number of halogens is 4. The molecule has 2 atom stereocenters. The van der Waals surface area contributed by atoms with E-state index in [0.29, 0.717) is 12.2 Å². The highest BCUT2D eigenvalue weighted by atomic mass is 35.5. The first kappa shape index (κ1) is 24.3. The van der Waals surface area contributed by atoms with E-state index in [1.807, 2.05) is 39.8 Å². The van der Waals surface area contributed by atoms with Gasteiger partial charge in [-0.2, -0.15) is 13.2 Å². The lowest BCUT2D eigenvalue weighted by atomic mass is 9.71. The van der Waals surface area contributed by atoms with Crippen molar-refractivity contribution in [2.45, 2.75) is 57.7 Å². The zero-order chi connectivity index (χ0) is 21.8. The van der Waals surface area contributed by atoms with E-state index in [9.17, 15) is 13.2 Å². The number of hydrogen-bond acceptors (Lipinski definition) is 2. The molecule has 0 saturated heterocycles. The van der Waals surface area contributed by atoms with Crippen LogP contribution in [-0.4, -0.2) is 28.6 Å². The number of carboxylic acid groups (broad SMARTS) is 2. The SMILES string of the molecule is CC(C)(C)OCC1CC=CC(C)(c2ccc(Cl)c(C(F)(F)F)c2)C1.O=C(O)O. The molecule has 1 aromatic rings. The first-order chi connectivity index (χ1) is 12.6. The lowest BCUT2D eigenvalue weighted by Gasteiger charge is -2.36. The topological polar surface area (TPSA) is 66.8 Å². The Morgan fingerprint density at radius 2 is 1.86 bits per heavy atom. The minimum Gasteiger partial charge on any atom is -0.450 e. The number of ether oxygens (including phenoxy) is 1. The fourth-order valence-electron chi connectivity index (χ4n) is 3.08. The maximum Gasteiger partial charge on any atom is 0.503 e. The molecular formula is C20H26ClF3O4. The summed E-state index contributed by atoms with van der Waals surface area (Å²) in [7, 11) is 0. The van der Waals surface area contributed by atoms with Crippen molar-refractivity contribution in [2.75, 3.05) is 6.61 Å². The van der Waals surface area contributed by atoms with Crippen LogP contribution < -0.4 is 0 Å². The summed E-state index contributed by atoms with van der Waals surface area (Å²) in [6, 6.07) is 4.21. The van der Waals surface area contributed by atoms with Gasteiger partial charge in [-0.1, -0.05) is 36.7 Å². The molecule has 2 N–H and O–H groups in total. The fraction of sp³-hybridized carbons (Fsp3) is 0.550. The van der Waals surface area contributed by atoms with Crippen LogP contribution in [0, 0.1) is 5.92 Å². The van der Waals surface area contributed by atoms with Crippen LogP contribution >= 0.6 is 11.6 Å². The van der Waals surface area contributed by atoms with Crippen molar-refractivity contribution >= 4 is 17.8 Å². The first-order valence-electron chi connectivity index (χ1n) is 8.75. The molecule has 1 aliphatic rings. The Hall–Kier alpha value is -1.73. The number of rotatable bonds is 3. The number of allylic oxidation sites excluding steroid dienone is 2. The largest absolute Gasteiger partial charge is 0.503 e. The summed E-state index contributed by atoms with van der Waals surface area (Å²) in [6.45, 7) is 8.57. The predicted molar refractivity (Wildman–Crippen MR) is 102 cm³/mol. The van der Waals surface area contributed by atoms with Crippen LogP contribution in [0.25, 0.3) is 0 Å². The van der Waals surface area contributed by atoms with Gasteiger partial charge in [0.25, 0.3) is 0 Å². The van der Waals surface area contributed by atoms with Gasteiger partial charge in [-0.15, -0.1) is 0 Å². The molecule has 0 spiro atoms. The molecule has 4 nitrogen and oxygen atoms in total. The van der Waals surface area contributed by atoms with E-state index in [4.69, 9.17) is 31.3 Å². The van der Waals surface area contributed by atoms with Gasteiger partial charge in [0.05, 0.1) is 22.8 Å². The third-order valence-electron chi connectivity index (χ3n) is 4.35. The smallest absolute Gasteiger partial charge is 0.450 e. The lowest BCUT2D eigenvalue weighted by Crippen LogP contribution is -2.31. The van der Waals surface area contributed by atoms with E-state index < -0.39 is 23.3 Å². The maximum absolute atomic E-state index is 13.1. The molecule has 8 heteroatoms. The zero-order valence-electron chi connectivity index (χ0n) is 16.3. The van der Waals surface area contributed by atoms with Gasteiger partial charge >= 0.3 is 12.3 Å². The predicted octanol–water partition coefficient (Wildman–Crippen LogP) is 6.62. The molecule has 0 aliphatic heterocycles. The Bertz CT molecular complexity index is 706. The van der Waals surface area contributed by atoms with Crippen LogP contribution in [0.4, 0.5) is 18.0 Å². The highest BCUT2D eigenvalue weighted by Crippen LogP contribution is 2.42. The van der Waals surface area contributed by atoms with E-state index >= 15 is 0 Å². The van der Waals surface area contributed by atoms with Gasteiger partial charge in [0, 0.05) is 5.41 Å². The third-order valence-corrected chi connectivity index (χ3v) is 4.68. The van der Waals surface area contributed by atoms with E-state index in [1.165, 1.54) is 12.1 Å². The Morgan fingerprint density at radius 1 is 1.29 bits per heavy atom. The van der Waals surface area contributed by atoms with Gasteiger partial charge in [-0.3, -0.25) is 0 Å². The van der Waals surface area contributed by atoms with E-state index in [2.05, 4.69) is 0 Å². The van der Waals surface area contributed by atoms with Gasteiger partial charge in [0.1, 0.15) is 0 Å². The van der Waals surface area contributed by atoms with Gasteiger partial charge < -0.3 is 14.9 Å². The standard InChI is InChI=1S/C19H24ClF3O.CH2O3/c1-17(2,3)24-12-13-6-5-9-18(4,11-13)14-7-8-16(20)15(10-14)19(21,22)23;2-1(3)4/h5,7-10,13H,6,11-12H2,1-4H3;(H2,2,3,4). The van der Waals surface area contributed by atoms with Crippen molar-refractivity contribution in [1.29, 1.82) is 0 Å². The fourth-order valence-corrected chi connectivity index (χ4v) is 3.30. The average Bonchev–Trinajstić information content (AvgIpc) is 2.51. The Balaban J connectivity index is 0.000000892. The van der Waals surface area contributed by atoms with E-state index in [-0.39, 0.29) is 16.5 Å². The van der Waals surface area contributed by atoms with Crippen molar-refractivity contribution in [3.05, 3.63) is 46.5 Å². The molecule has 1 aliphatic carbocycles. The average molecular weight is 423 g/mol. The van der Waals surface area contributed by atoms with E-state index in [1.54, 1.807) is 6.07 Å². The lowest BCUT2D eigenvalue weighted by molar-refractivity contribution is -0.137. The second-order valence-electron chi connectivity index (χ2n) is 8.02. The Kier molecular flexibility index (Phi) is 7.97. The summed E-state index contributed by atoms with van der Waals surface area (Å²) in [5.41, 5.74) is -0.809. The monoisotopic (exact) mass is 422 g/mol. The molecule has 0 heterocycles. The van der Waals surface area contributed by atoms with Crippen molar-refractivity contribution in [3.8, 4) is 0 Å². The van der Waals surface area contributed by atoms with Crippen LogP contribution in [0.15, 0.2) is 30.4 Å².